The second-order valence-electron chi connectivity index (χ2n) is 3.72. The highest BCUT2D eigenvalue weighted by atomic mass is 35.5. The minimum atomic E-state index is -0.668. The molecule has 80 valence electrons. The minimum absolute atomic E-state index is 0.598. The van der Waals surface area contributed by atoms with Crippen molar-refractivity contribution in [1.82, 2.24) is 0 Å². The number of halogens is 1. The van der Waals surface area contributed by atoms with Crippen molar-refractivity contribution in [3.05, 3.63) is 58.6 Å². The van der Waals surface area contributed by atoms with E-state index in [1.165, 1.54) is 0 Å². The number of aliphatic hydroxyl groups excluding tert-OH is 1. The van der Waals surface area contributed by atoms with Gasteiger partial charge in [0.2, 0.25) is 0 Å². The molecule has 16 heavy (non-hydrogen) atoms. The first-order valence-electron chi connectivity index (χ1n) is 5.00. The Morgan fingerprint density at radius 2 is 1.75 bits per heavy atom. The summed E-state index contributed by atoms with van der Waals surface area (Å²) in [4.78, 5) is 0. The molecular weight excluding hydrogens is 224 g/mol. The lowest BCUT2D eigenvalue weighted by Gasteiger charge is -2.24. The van der Waals surface area contributed by atoms with E-state index in [0.29, 0.717) is 22.1 Å². The molecule has 1 N–H and O–H groups in total. The van der Waals surface area contributed by atoms with Crippen LogP contribution in [-0.4, -0.2) is 5.11 Å². The zero-order valence-corrected chi connectivity index (χ0v) is 9.11. The number of fused-ring (bicyclic) bond motifs is 2. The fraction of sp³-hybridized carbons (Fsp3) is 0.0769. The Morgan fingerprint density at radius 1 is 1.00 bits per heavy atom. The lowest BCUT2D eigenvalue weighted by Crippen LogP contribution is -2.09. The fourth-order valence-corrected chi connectivity index (χ4v) is 2.09. The lowest BCUT2D eigenvalue weighted by atomic mass is 9.97. The molecule has 2 nitrogen and oxygen atoms in total. The van der Waals surface area contributed by atoms with Gasteiger partial charge in [-0.1, -0.05) is 29.8 Å². The molecule has 0 spiro atoms. The molecule has 0 saturated heterocycles. The number of para-hydroxylation sites is 1. The first-order valence-corrected chi connectivity index (χ1v) is 5.38. The number of aliphatic hydroxyl groups is 1. The standard InChI is InChI=1S/C13H9ClO2/c14-8-5-6-12-10(7-8)13(15)9-3-1-2-4-11(9)16-12/h1-7,13,15H. The van der Waals surface area contributed by atoms with Crippen molar-refractivity contribution in [1.29, 1.82) is 0 Å². The third-order valence-corrected chi connectivity index (χ3v) is 2.94. The SMILES string of the molecule is OC1c2ccccc2Oc2ccc(Cl)cc21. The molecule has 1 aliphatic heterocycles. The molecule has 0 radical (unpaired) electrons. The Balaban J connectivity index is 2.19. The Morgan fingerprint density at radius 3 is 2.62 bits per heavy atom. The van der Waals surface area contributed by atoms with Gasteiger partial charge in [-0.25, -0.2) is 0 Å². The third kappa shape index (κ3) is 1.39. The maximum absolute atomic E-state index is 10.2. The molecule has 1 atom stereocenters. The maximum Gasteiger partial charge on any atom is 0.133 e. The maximum atomic E-state index is 10.2. The summed E-state index contributed by atoms with van der Waals surface area (Å²) in [5, 5.41) is 10.8. The van der Waals surface area contributed by atoms with Gasteiger partial charge >= 0.3 is 0 Å². The Bertz CT molecular complexity index is 551. The predicted octanol–water partition coefficient (Wildman–Crippen LogP) is 3.53. The zero-order chi connectivity index (χ0) is 11.1. The van der Waals surface area contributed by atoms with Crippen LogP contribution in [0, 0.1) is 0 Å². The van der Waals surface area contributed by atoms with Gasteiger partial charge < -0.3 is 9.84 Å². The van der Waals surface area contributed by atoms with Crippen LogP contribution in [-0.2, 0) is 0 Å². The number of hydrogen-bond donors (Lipinski definition) is 1. The molecule has 0 aromatic heterocycles. The Hall–Kier alpha value is -1.51. The number of ether oxygens (including phenoxy) is 1. The minimum Gasteiger partial charge on any atom is -0.457 e. The molecule has 0 saturated carbocycles. The summed E-state index contributed by atoms with van der Waals surface area (Å²) in [6.45, 7) is 0. The van der Waals surface area contributed by atoms with Gasteiger partial charge in [0, 0.05) is 16.1 Å². The van der Waals surface area contributed by atoms with Crippen molar-refractivity contribution in [2.75, 3.05) is 0 Å². The molecule has 2 aromatic rings. The van der Waals surface area contributed by atoms with E-state index in [-0.39, 0.29) is 0 Å². The van der Waals surface area contributed by atoms with E-state index >= 15 is 0 Å². The average Bonchev–Trinajstić information content (AvgIpc) is 2.31. The van der Waals surface area contributed by atoms with Crippen LogP contribution in [0.3, 0.4) is 0 Å². The highest BCUT2D eigenvalue weighted by molar-refractivity contribution is 6.30. The van der Waals surface area contributed by atoms with E-state index in [1.54, 1.807) is 18.2 Å². The molecule has 0 amide bonds. The molecular formula is C13H9ClO2. The molecule has 1 unspecified atom stereocenters. The smallest absolute Gasteiger partial charge is 0.133 e. The van der Waals surface area contributed by atoms with E-state index in [2.05, 4.69) is 0 Å². The average molecular weight is 233 g/mol. The second kappa shape index (κ2) is 3.51. The Labute approximate surface area is 98.1 Å². The van der Waals surface area contributed by atoms with Crippen LogP contribution in [0.2, 0.25) is 5.02 Å². The van der Waals surface area contributed by atoms with Gasteiger partial charge in [-0.05, 0) is 24.3 Å². The summed E-state index contributed by atoms with van der Waals surface area (Å²) in [5.74, 6) is 1.36. The van der Waals surface area contributed by atoms with Crippen LogP contribution in [0.25, 0.3) is 0 Å². The molecule has 3 rings (SSSR count). The topological polar surface area (TPSA) is 29.5 Å². The molecule has 0 aliphatic carbocycles. The quantitative estimate of drug-likeness (QED) is 0.753. The van der Waals surface area contributed by atoms with E-state index in [1.807, 2.05) is 24.3 Å². The summed E-state index contributed by atoms with van der Waals surface area (Å²) in [6.07, 6.45) is -0.668. The third-order valence-electron chi connectivity index (χ3n) is 2.70. The van der Waals surface area contributed by atoms with Crippen molar-refractivity contribution >= 4 is 11.6 Å². The van der Waals surface area contributed by atoms with Gasteiger partial charge in [-0.2, -0.15) is 0 Å². The van der Waals surface area contributed by atoms with Gasteiger partial charge in [0.05, 0.1) is 0 Å². The van der Waals surface area contributed by atoms with Crippen molar-refractivity contribution in [2.24, 2.45) is 0 Å². The first kappa shape index (κ1) is 9.70. The van der Waals surface area contributed by atoms with Crippen LogP contribution >= 0.6 is 11.6 Å². The van der Waals surface area contributed by atoms with E-state index < -0.39 is 6.10 Å². The van der Waals surface area contributed by atoms with Crippen LogP contribution in [0.1, 0.15) is 17.2 Å². The van der Waals surface area contributed by atoms with E-state index in [4.69, 9.17) is 16.3 Å². The van der Waals surface area contributed by atoms with Crippen LogP contribution in [0.5, 0.6) is 11.5 Å². The van der Waals surface area contributed by atoms with Crippen molar-refractivity contribution in [3.8, 4) is 11.5 Å². The Kier molecular flexibility index (Phi) is 2.13. The molecule has 1 heterocycles. The van der Waals surface area contributed by atoms with E-state index in [0.717, 1.165) is 5.56 Å². The van der Waals surface area contributed by atoms with Gasteiger partial charge in [-0.15, -0.1) is 0 Å². The van der Waals surface area contributed by atoms with Crippen LogP contribution in [0.15, 0.2) is 42.5 Å². The largest absolute Gasteiger partial charge is 0.457 e. The van der Waals surface area contributed by atoms with Crippen molar-refractivity contribution < 1.29 is 9.84 Å². The second-order valence-corrected chi connectivity index (χ2v) is 4.16. The molecule has 0 bridgehead atoms. The van der Waals surface area contributed by atoms with Crippen LogP contribution < -0.4 is 4.74 Å². The first-order chi connectivity index (χ1) is 7.75. The van der Waals surface area contributed by atoms with E-state index in [9.17, 15) is 5.11 Å². The fourth-order valence-electron chi connectivity index (χ4n) is 1.91. The molecule has 2 aromatic carbocycles. The summed E-state index contributed by atoms with van der Waals surface area (Å²) >= 11 is 5.90. The molecule has 0 fully saturated rings. The monoisotopic (exact) mass is 232 g/mol. The van der Waals surface area contributed by atoms with Crippen LogP contribution in [0.4, 0.5) is 0 Å². The van der Waals surface area contributed by atoms with Gasteiger partial charge in [0.1, 0.15) is 17.6 Å². The lowest BCUT2D eigenvalue weighted by molar-refractivity contribution is 0.203. The summed E-state index contributed by atoms with van der Waals surface area (Å²) in [6, 6.07) is 12.7. The molecule has 1 aliphatic rings. The van der Waals surface area contributed by atoms with Crippen molar-refractivity contribution in [2.45, 2.75) is 6.10 Å². The number of benzene rings is 2. The highest BCUT2D eigenvalue weighted by Crippen LogP contribution is 2.43. The highest BCUT2D eigenvalue weighted by Gasteiger charge is 2.24. The predicted molar refractivity (Wildman–Crippen MR) is 62.0 cm³/mol. The van der Waals surface area contributed by atoms with Gasteiger partial charge in [-0.3, -0.25) is 0 Å². The summed E-state index contributed by atoms with van der Waals surface area (Å²) < 4.78 is 5.68. The van der Waals surface area contributed by atoms with Gasteiger partial charge in [0.25, 0.3) is 0 Å². The number of hydrogen-bond acceptors (Lipinski definition) is 2. The molecule has 3 heteroatoms. The zero-order valence-electron chi connectivity index (χ0n) is 8.35. The normalized spacial score (nSPS) is 17.2. The van der Waals surface area contributed by atoms with Crippen molar-refractivity contribution in [3.63, 3.8) is 0 Å². The summed E-state index contributed by atoms with van der Waals surface area (Å²) in [7, 11) is 0. The van der Waals surface area contributed by atoms with Gasteiger partial charge in [0.15, 0.2) is 0 Å². The number of rotatable bonds is 0. The summed E-state index contributed by atoms with van der Waals surface area (Å²) in [5.41, 5.74) is 1.49.